The van der Waals surface area contributed by atoms with E-state index in [9.17, 15) is 0 Å². The normalized spacial score (nSPS) is 10.2. The van der Waals surface area contributed by atoms with Gasteiger partial charge in [0.25, 0.3) is 0 Å². The summed E-state index contributed by atoms with van der Waals surface area (Å²) < 4.78 is 5.76. The van der Waals surface area contributed by atoms with E-state index in [0.29, 0.717) is 5.02 Å². The average Bonchev–Trinajstić information content (AvgIpc) is 2.25. The van der Waals surface area contributed by atoms with Crippen LogP contribution in [0, 0.1) is 13.8 Å². The molecule has 16 heavy (non-hydrogen) atoms. The van der Waals surface area contributed by atoms with Crippen molar-refractivity contribution in [3.63, 3.8) is 0 Å². The van der Waals surface area contributed by atoms with Crippen LogP contribution in [-0.4, -0.2) is 0 Å². The lowest BCUT2D eigenvalue weighted by atomic mass is 10.1. The van der Waals surface area contributed by atoms with Gasteiger partial charge in [0.15, 0.2) is 0 Å². The molecule has 0 amide bonds. The van der Waals surface area contributed by atoms with Gasteiger partial charge in [0.1, 0.15) is 11.5 Å². The third-order valence-corrected chi connectivity index (χ3v) is 2.62. The van der Waals surface area contributed by atoms with Gasteiger partial charge < -0.3 is 4.74 Å². The summed E-state index contributed by atoms with van der Waals surface area (Å²) in [4.78, 5) is 0. The standard InChI is InChI=1S/C14H13ClO/c1-10-3-8-14(11(2)9-10)16-13-6-4-12(15)5-7-13/h3-9H,1-2H3. The molecular weight excluding hydrogens is 220 g/mol. The second-order valence-electron chi connectivity index (χ2n) is 3.82. The monoisotopic (exact) mass is 232 g/mol. The average molecular weight is 233 g/mol. The Morgan fingerprint density at radius 1 is 0.938 bits per heavy atom. The molecule has 0 atom stereocenters. The van der Waals surface area contributed by atoms with Crippen LogP contribution in [0.15, 0.2) is 42.5 Å². The molecule has 0 aromatic heterocycles. The minimum absolute atomic E-state index is 0.716. The van der Waals surface area contributed by atoms with Gasteiger partial charge >= 0.3 is 0 Å². The van der Waals surface area contributed by atoms with E-state index in [0.717, 1.165) is 17.1 Å². The van der Waals surface area contributed by atoms with Crippen molar-refractivity contribution in [3.8, 4) is 11.5 Å². The first-order valence-corrected chi connectivity index (χ1v) is 5.53. The fourth-order valence-corrected chi connectivity index (χ4v) is 1.67. The highest BCUT2D eigenvalue weighted by Gasteiger charge is 2.01. The first-order valence-electron chi connectivity index (χ1n) is 5.16. The fraction of sp³-hybridized carbons (Fsp3) is 0.143. The van der Waals surface area contributed by atoms with Crippen molar-refractivity contribution in [3.05, 3.63) is 58.6 Å². The Morgan fingerprint density at radius 2 is 1.62 bits per heavy atom. The van der Waals surface area contributed by atoms with Crippen LogP contribution in [-0.2, 0) is 0 Å². The molecule has 0 aliphatic rings. The predicted octanol–water partition coefficient (Wildman–Crippen LogP) is 4.75. The van der Waals surface area contributed by atoms with Crippen LogP contribution in [0.3, 0.4) is 0 Å². The van der Waals surface area contributed by atoms with Gasteiger partial charge in [-0.15, -0.1) is 0 Å². The van der Waals surface area contributed by atoms with Crippen molar-refractivity contribution in [1.29, 1.82) is 0 Å². The number of aryl methyl sites for hydroxylation is 2. The molecule has 0 spiro atoms. The molecule has 0 aliphatic carbocycles. The molecule has 2 heteroatoms. The van der Waals surface area contributed by atoms with E-state index in [1.54, 1.807) is 0 Å². The highest BCUT2D eigenvalue weighted by atomic mass is 35.5. The Labute approximate surface area is 101 Å². The summed E-state index contributed by atoms with van der Waals surface area (Å²) in [7, 11) is 0. The van der Waals surface area contributed by atoms with Gasteiger partial charge in [0.2, 0.25) is 0 Å². The summed E-state index contributed by atoms with van der Waals surface area (Å²) >= 11 is 5.81. The van der Waals surface area contributed by atoms with Crippen molar-refractivity contribution in [2.45, 2.75) is 13.8 Å². The maximum Gasteiger partial charge on any atom is 0.130 e. The third kappa shape index (κ3) is 2.56. The van der Waals surface area contributed by atoms with E-state index in [2.05, 4.69) is 13.0 Å². The Hall–Kier alpha value is -1.47. The topological polar surface area (TPSA) is 9.23 Å². The van der Waals surface area contributed by atoms with E-state index < -0.39 is 0 Å². The number of halogens is 1. The summed E-state index contributed by atoms with van der Waals surface area (Å²) in [5.74, 6) is 1.68. The van der Waals surface area contributed by atoms with Crippen LogP contribution in [0.1, 0.15) is 11.1 Å². The molecule has 2 aromatic rings. The highest BCUT2D eigenvalue weighted by Crippen LogP contribution is 2.26. The molecule has 0 radical (unpaired) electrons. The molecule has 0 unspecified atom stereocenters. The lowest BCUT2D eigenvalue weighted by Crippen LogP contribution is -1.87. The molecule has 0 heterocycles. The molecule has 1 nitrogen and oxygen atoms in total. The van der Waals surface area contributed by atoms with Crippen molar-refractivity contribution < 1.29 is 4.74 Å². The van der Waals surface area contributed by atoms with Gasteiger partial charge in [0, 0.05) is 5.02 Å². The number of hydrogen-bond acceptors (Lipinski definition) is 1. The van der Waals surface area contributed by atoms with Gasteiger partial charge in [0.05, 0.1) is 0 Å². The molecule has 2 aromatic carbocycles. The largest absolute Gasteiger partial charge is 0.457 e. The quantitative estimate of drug-likeness (QED) is 0.726. The van der Waals surface area contributed by atoms with E-state index in [-0.39, 0.29) is 0 Å². The zero-order valence-electron chi connectivity index (χ0n) is 9.33. The van der Waals surface area contributed by atoms with Crippen molar-refractivity contribution in [1.82, 2.24) is 0 Å². The van der Waals surface area contributed by atoms with Gasteiger partial charge in [-0.2, -0.15) is 0 Å². The molecule has 82 valence electrons. The van der Waals surface area contributed by atoms with Crippen LogP contribution < -0.4 is 4.74 Å². The lowest BCUT2D eigenvalue weighted by molar-refractivity contribution is 0.479. The zero-order valence-corrected chi connectivity index (χ0v) is 10.1. The summed E-state index contributed by atoms with van der Waals surface area (Å²) in [6.07, 6.45) is 0. The van der Waals surface area contributed by atoms with Gasteiger partial charge in [-0.05, 0) is 49.7 Å². The Bertz CT molecular complexity index is 489. The summed E-state index contributed by atoms with van der Waals surface area (Å²) in [5.41, 5.74) is 2.37. The molecule has 0 bridgehead atoms. The summed E-state index contributed by atoms with van der Waals surface area (Å²) in [5, 5.41) is 0.716. The summed E-state index contributed by atoms with van der Waals surface area (Å²) in [6.45, 7) is 4.11. The minimum Gasteiger partial charge on any atom is -0.457 e. The van der Waals surface area contributed by atoms with E-state index in [4.69, 9.17) is 16.3 Å². The third-order valence-electron chi connectivity index (χ3n) is 2.37. The maximum atomic E-state index is 5.81. The Balaban J connectivity index is 2.23. The number of ether oxygens (including phenoxy) is 1. The van der Waals surface area contributed by atoms with Crippen LogP contribution in [0.2, 0.25) is 5.02 Å². The highest BCUT2D eigenvalue weighted by molar-refractivity contribution is 6.30. The summed E-state index contributed by atoms with van der Waals surface area (Å²) in [6, 6.07) is 13.5. The molecule has 0 saturated carbocycles. The predicted molar refractivity (Wildman–Crippen MR) is 67.4 cm³/mol. The SMILES string of the molecule is Cc1ccc(Oc2ccc(Cl)cc2)c(C)c1. The zero-order chi connectivity index (χ0) is 11.5. The maximum absolute atomic E-state index is 5.81. The van der Waals surface area contributed by atoms with Crippen molar-refractivity contribution in [2.24, 2.45) is 0 Å². The molecule has 0 saturated heterocycles. The van der Waals surface area contributed by atoms with E-state index in [1.165, 1.54) is 5.56 Å². The minimum atomic E-state index is 0.716. The van der Waals surface area contributed by atoms with E-state index >= 15 is 0 Å². The molecular formula is C14H13ClO. The van der Waals surface area contributed by atoms with Crippen LogP contribution in [0.25, 0.3) is 0 Å². The lowest BCUT2D eigenvalue weighted by Gasteiger charge is -2.09. The van der Waals surface area contributed by atoms with Gasteiger partial charge in [-0.25, -0.2) is 0 Å². The van der Waals surface area contributed by atoms with Crippen LogP contribution in [0.4, 0.5) is 0 Å². The van der Waals surface area contributed by atoms with Crippen molar-refractivity contribution >= 4 is 11.6 Å². The fourth-order valence-electron chi connectivity index (χ4n) is 1.54. The van der Waals surface area contributed by atoms with Crippen LogP contribution >= 0.6 is 11.6 Å². The second kappa shape index (κ2) is 4.58. The smallest absolute Gasteiger partial charge is 0.130 e. The molecule has 0 aliphatic heterocycles. The molecule has 0 N–H and O–H groups in total. The number of benzene rings is 2. The second-order valence-corrected chi connectivity index (χ2v) is 4.26. The number of rotatable bonds is 2. The van der Waals surface area contributed by atoms with Gasteiger partial charge in [-0.1, -0.05) is 29.3 Å². The first kappa shape index (κ1) is 11.0. The first-order chi connectivity index (χ1) is 7.65. The van der Waals surface area contributed by atoms with Gasteiger partial charge in [-0.3, -0.25) is 0 Å². The Morgan fingerprint density at radius 3 is 2.25 bits per heavy atom. The Kier molecular flexibility index (Phi) is 3.16. The molecule has 0 fully saturated rings. The molecule has 2 rings (SSSR count). The van der Waals surface area contributed by atoms with E-state index in [1.807, 2.05) is 43.3 Å². The van der Waals surface area contributed by atoms with Crippen LogP contribution in [0.5, 0.6) is 11.5 Å². The number of hydrogen-bond donors (Lipinski definition) is 0. The van der Waals surface area contributed by atoms with Crippen molar-refractivity contribution in [2.75, 3.05) is 0 Å².